The molecule has 0 N–H and O–H groups in total. The molecule has 29 heavy (non-hydrogen) atoms. The van der Waals surface area contributed by atoms with Crippen molar-refractivity contribution in [2.75, 3.05) is 18.8 Å². The SMILES string of the molecule is CCCN(CC1CC1)C(=O)CSc1nc2ccccc2c2nc3ccccc3n12. The van der Waals surface area contributed by atoms with Crippen LogP contribution in [-0.4, -0.2) is 44.0 Å². The van der Waals surface area contributed by atoms with E-state index < -0.39 is 0 Å². The van der Waals surface area contributed by atoms with E-state index in [2.05, 4.69) is 23.5 Å². The Labute approximate surface area is 174 Å². The van der Waals surface area contributed by atoms with Crippen LogP contribution < -0.4 is 0 Å². The molecule has 2 heterocycles. The molecule has 1 aliphatic carbocycles. The summed E-state index contributed by atoms with van der Waals surface area (Å²) in [6.07, 6.45) is 3.51. The molecular formula is C23H24N4OS. The highest BCUT2D eigenvalue weighted by Gasteiger charge is 2.26. The summed E-state index contributed by atoms with van der Waals surface area (Å²) in [6, 6.07) is 16.2. The van der Waals surface area contributed by atoms with Crippen molar-refractivity contribution in [3.63, 3.8) is 0 Å². The number of imidazole rings is 1. The monoisotopic (exact) mass is 404 g/mol. The normalized spacial score (nSPS) is 14.1. The number of benzene rings is 2. The van der Waals surface area contributed by atoms with Crippen LogP contribution in [0.3, 0.4) is 0 Å². The van der Waals surface area contributed by atoms with Gasteiger partial charge in [0.05, 0.1) is 22.3 Å². The van der Waals surface area contributed by atoms with E-state index in [9.17, 15) is 4.79 Å². The number of hydrogen-bond donors (Lipinski definition) is 0. The first-order chi connectivity index (χ1) is 14.2. The Morgan fingerprint density at radius 2 is 1.86 bits per heavy atom. The number of amides is 1. The fraction of sp³-hybridized carbons (Fsp3) is 0.348. The van der Waals surface area contributed by atoms with Crippen molar-refractivity contribution < 1.29 is 4.79 Å². The summed E-state index contributed by atoms with van der Waals surface area (Å²) in [4.78, 5) is 24.7. The molecule has 0 spiro atoms. The van der Waals surface area contributed by atoms with E-state index >= 15 is 0 Å². The standard InChI is InChI=1S/C23H24N4OS/c1-2-13-26(14-16-11-12-16)21(28)15-29-23-25-18-8-4-3-7-17(18)22-24-19-9-5-6-10-20(19)27(22)23/h3-10,16H,2,11-15H2,1H3. The zero-order valence-corrected chi connectivity index (χ0v) is 17.4. The van der Waals surface area contributed by atoms with Crippen LogP contribution in [0, 0.1) is 5.92 Å². The van der Waals surface area contributed by atoms with E-state index in [4.69, 9.17) is 9.97 Å². The van der Waals surface area contributed by atoms with Gasteiger partial charge in [0.1, 0.15) is 5.65 Å². The Kier molecular flexibility index (Phi) is 4.87. The van der Waals surface area contributed by atoms with E-state index in [0.717, 1.165) is 52.3 Å². The van der Waals surface area contributed by atoms with Gasteiger partial charge in [-0.05, 0) is 49.4 Å². The Bertz CT molecular complexity index is 1200. The largest absolute Gasteiger partial charge is 0.342 e. The van der Waals surface area contributed by atoms with Crippen molar-refractivity contribution in [1.82, 2.24) is 19.3 Å². The predicted octanol–water partition coefficient (Wildman–Crippen LogP) is 4.78. The highest BCUT2D eigenvalue weighted by molar-refractivity contribution is 7.99. The van der Waals surface area contributed by atoms with E-state index in [0.29, 0.717) is 11.7 Å². The number of para-hydroxylation sites is 3. The molecule has 0 radical (unpaired) electrons. The van der Waals surface area contributed by atoms with Crippen LogP contribution in [-0.2, 0) is 4.79 Å². The minimum Gasteiger partial charge on any atom is -0.342 e. The number of aromatic nitrogens is 3. The molecule has 2 aromatic heterocycles. The average molecular weight is 405 g/mol. The van der Waals surface area contributed by atoms with Gasteiger partial charge in [0.25, 0.3) is 0 Å². The quantitative estimate of drug-likeness (QED) is 0.329. The van der Waals surface area contributed by atoms with Crippen molar-refractivity contribution in [3.8, 4) is 0 Å². The zero-order valence-electron chi connectivity index (χ0n) is 16.5. The molecule has 4 aromatic rings. The number of hydrogen-bond acceptors (Lipinski definition) is 4. The van der Waals surface area contributed by atoms with Crippen molar-refractivity contribution in [2.24, 2.45) is 5.92 Å². The van der Waals surface area contributed by atoms with Crippen LogP contribution in [0.25, 0.3) is 27.6 Å². The molecule has 0 atom stereocenters. The summed E-state index contributed by atoms with van der Waals surface area (Å²) >= 11 is 1.51. The van der Waals surface area contributed by atoms with Gasteiger partial charge in [0, 0.05) is 18.5 Å². The van der Waals surface area contributed by atoms with Crippen LogP contribution in [0.1, 0.15) is 26.2 Å². The maximum atomic E-state index is 12.9. The molecule has 1 saturated carbocycles. The van der Waals surface area contributed by atoms with Crippen LogP contribution in [0.15, 0.2) is 53.7 Å². The van der Waals surface area contributed by atoms with Gasteiger partial charge in [-0.2, -0.15) is 0 Å². The average Bonchev–Trinajstić information content (AvgIpc) is 3.48. The molecule has 5 rings (SSSR count). The third-order valence-electron chi connectivity index (χ3n) is 5.46. The number of rotatable bonds is 7. The molecule has 0 saturated heterocycles. The Morgan fingerprint density at radius 1 is 1.10 bits per heavy atom. The Morgan fingerprint density at radius 3 is 2.66 bits per heavy atom. The van der Waals surface area contributed by atoms with Crippen LogP contribution in [0.2, 0.25) is 0 Å². The fourth-order valence-electron chi connectivity index (χ4n) is 3.83. The van der Waals surface area contributed by atoms with Gasteiger partial charge in [0.15, 0.2) is 5.16 Å². The minimum absolute atomic E-state index is 0.205. The molecule has 6 heteroatoms. The number of fused-ring (bicyclic) bond motifs is 5. The van der Waals surface area contributed by atoms with Crippen LogP contribution in [0.5, 0.6) is 0 Å². The first-order valence-corrected chi connectivity index (χ1v) is 11.3. The van der Waals surface area contributed by atoms with Gasteiger partial charge in [0.2, 0.25) is 5.91 Å². The highest BCUT2D eigenvalue weighted by Crippen LogP contribution is 2.31. The summed E-state index contributed by atoms with van der Waals surface area (Å²) in [5, 5.41) is 1.85. The van der Waals surface area contributed by atoms with Gasteiger partial charge in [-0.3, -0.25) is 9.20 Å². The van der Waals surface area contributed by atoms with Crippen LogP contribution >= 0.6 is 11.8 Å². The van der Waals surface area contributed by atoms with Gasteiger partial charge < -0.3 is 4.90 Å². The third kappa shape index (κ3) is 3.57. The summed E-state index contributed by atoms with van der Waals surface area (Å²) in [7, 11) is 0. The second-order valence-electron chi connectivity index (χ2n) is 7.74. The molecule has 148 valence electrons. The second kappa shape index (κ2) is 7.67. The lowest BCUT2D eigenvalue weighted by molar-refractivity contribution is -0.128. The molecule has 0 bridgehead atoms. The smallest absolute Gasteiger partial charge is 0.233 e. The molecule has 2 aromatic carbocycles. The summed E-state index contributed by atoms with van der Waals surface area (Å²) in [6.45, 7) is 3.87. The maximum absolute atomic E-state index is 12.9. The molecule has 1 fully saturated rings. The first kappa shape index (κ1) is 18.4. The molecule has 5 nitrogen and oxygen atoms in total. The second-order valence-corrected chi connectivity index (χ2v) is 8.69. The summed E-state index contributed by atoms with van der Waals surface area (Å²) in [5.41, 5.74) is 3.78. The first-order valence-electron chi connectivity index (χ1n) is 10.3. The lowest BCUT2D eigenvalue weighted by atomic mass is 10.2. The molecule has 0 aliphatic heterocycles. The van der Waals surface area contributed by atoms with E-state index in [1.54, 1.807) is 0 Å². The van der Waals surface area contributed by atoms with Crippen molar-refractivity contribution >= 4 is 45.3 Å². The number of carbonyl (C=O) groups is 1. The fourth-order valence-corrected chi connectivity index (χ4v) is 4.74. The summed E-state index contributed by atoms with van der Waals surface area (Å²) < 4.78 is 2.10. The van der Waals surface area contributed by atoms with E-state index in [1.165, 1.54) is 24.6 Å². The Hall–Kier alpha value is -2.60. The third-order valence-corrected chi connectivity index (χ3v) is 6.38. The van der Waals surface area contributed by atoms with E-state index in [1.807, 2.05) is 41.3 Å². The molecule has 0 unspecified atom stereocenters. The highest BCUT2D eigenvalue weighted by atomic mass is 32.2. The van der Waals surface area contributed by atoms with Crippen molar-refractivity contribution in [1.29, 1.82) is 0 Å². The summed E-state index contributed by atoms with van der Waals surface area (Å²) in [5.74, 6) is 1.31. The number of carbonyl (C=O) groups excluding carboxylic acids is 1. The lowest BCUT2D eigenvalue weighted by Gasteiger charge is -2.21. The lowest BCUT2D eigenvalue weighted by Crippen LogP contribution is -2.35. The van der Waals surface area contributed by atoms with Gasteiger partial charge >= 0.3 is 0 Å². The van der Waals surface area contributed by atoms with Crippen molar-refractivity contribution in [3.05, 3.63) is 48.5 Å². The van der Waals surface area contributed by atoms with Crippen LogP contribution in [0.4, 0.5) is 0 Å². The van der Waals surface area contributed by atoms with Gasteiger partial charge in [-0.1, -0.05) is 43.0 Å². The van der Waals surface area contributed by atoms with Gasteiger partial charge in [-0.25, -0.2) is 9.97 Å². The maximum Gasteiger partial charge on any atom is 0.233 e. The zero-order chi connectivity index (χ0) is 19.8. The molecular weight excluding hydrogens is 380 g/mol. The minimum atomic E-state index is 0.205. The van der Waals surface area contributed by atoms with Gasteiger partial charge in [-0.15, -0.1) is 0 Å². The number of nitrogens with zero attached hydrogens (tertiary/aromatic N) is 4. The van der Waals surface area contributed by atoms with Crippen molar-refractivity contribution in [2.45, 2.75) is 31.3 Å². The predicted molar refractivity (Wildman–Crippen MR) is 118 cm³/mol. The Balaban J connectivity index is 1.52. The molecule has 1 amide bonds. The van der Waals surface area contributed by atoms with E-state index in [-0.39, 0.29) is 5.91 Å². The molecule has 1 aliphatic rings. The number of thioether (sulfide) groups is 1. The topological polar surface area (TPSA) is 50.5 Å².